The largest absolute Gasteiger partial charge is 0.478 e. The molecular formula is C16H13IO3S. The van der Waals surface area contributed by atoms with Gasteiger partial charge in [-0.25, -0.2) is 4.79 Å². The van der Waals surface area contributed by atoms with E-state index < -0.39 is 16.8 Å². The van der Waals surface area contributed by atoms with Gasteiger partial charge in [-0.2, -0.15) is 0 Å². The number of carboxylic acids is 1. The van der Waals surface area contributed by atoms with Crippen LogP contribution in [0.3, 0.4) is 0 Å². The first-order valence-electron chi connectivity index (χ1n) is 6.18. The zero-order valence-electron chi connectivity index (χ0n) is 11.0. The summed E-state index contributed by atoms with van der Waals surface area (Å²) in [7, 11) is -1.09. The molecule has 0 bridgehead atoms. The Morgan fingerprint density at radius 3 is 2.29 bits per heavy atom. The summed E-state index contributed by atoms with van der Waals surface area (Å²) >= 11 is 2.23. The van der Waals surface area contributed by atoms with Crippen molar-refractivity contribution in [2.24, 2.45) is 0 Å². The molecule has 3 nitrogen and oxygen atoms in total. The fourth-order valence-corrected chi connectivity index (χ4v) is 2.97. The summed E-state index contributed by atoms with van der Waals surface area (Å²) in [5.41, 5.74) is 2.10. The number of benzene rings is 2. The highest BCUT2D eigenvalue weighted by Crippen LogP contribution is 2.11. The average Bonchev–Trinajstić information content (AvgIpc) is 2.48. The van der Waals surface area contributed by atoms with Gasteiger partial charge in [0.1, 0.15) is 0 Å². The minimum absolute atomic E-state index is 0.243. The van der Waals surface area contributed by atoms with Crippen LogP contribution in [0.4, 0.5) is 0 Å². The van der Waals surface area contributed by atoms with Gasteiger partial charge in [0.25, 0.3) is 0 Å². The highest BCUT2D eigenvalue weighted by Gasteiger charge is 2.01. The second-order valence-electron chi connectivity index (χ2n) is 4.38. The topological polar surface area (TPSA) is 54.4 Å². The van der Waals surface area contributed by atoms with Crippen LogP contribution in [0.15, 0.2) is 53.9 Å². The molecule has 0 radical (unpaired) electrons. The zero-order chi connectivity index (χ0) is 15.2. The van der Waals surface area contributed by atoms with Crippen molar-refractivity contribution in [2.75, 3.05) is 0 Å². The lowest BCUT2D eigenvalue weighted by Crippen LogP contribution is -1.95. The van der Waals surface area contributed by atoms with E-state index in [0.717, 1.165) is 14.7 Å². The van der Waals surface area contributed by atoms with E-state index in [1.165, 1.54) is 12.1 Å². The van der Waals surface area contributed by atoms with Crippen LogP contribution in [0, 0.1) is 3.57 Å². The van der Waals surface area contributed by atoms with E-state index in [-0.39, 0.29) is 5.56 Å². The number of hydrogen-bond acceptors (Lipinski definition) is 2. The zero-order valence-corrected chi connectivity index (χ0v) is 14.0. The third kappa shape index (κ3) is 5.09. The van der Waals surface area contributed by atoms with Crippen LogP contribution in [-0.2, 0) is 16.6 Å². The van der Waals surface area contributed by atoms with E-state index in [1.807, 2.05) is 24.3 Å². The first-order valence-corrected chi connectivity index (χ1v) is 8.64. The summed E-state index contributed by atoms with van der Waals surface area (Å²) in [4.78, 5) is 10.7. The highest BCUT2D eigenvalue weighted by atomic mass is 127. The van der Waals surface area contributed by atoms with Gasteiger partial charge in [-0.15, -0.1) is 0 Å². The predicted molar refractivity (Wildman–Crippen MR) is 93.4 cm³/mol. The molecule has 0 amide bonds. The summed E-state index contributed by atoms with van der Waals surface area (Å²) in [6.45, 7) is 0. The van der Waals surface area contributed by atoms with Crippen LogP contribution in [0.1, 0.15) is 21.5 Å². The second kappa shape index (κ2) is 7.51. The van der Waals surface area contributed by atoms with Crippen LogP contribution in [0.5, 0.6) is 0 Å². The lowest BCUT2D eigenvalue weighted by atomic mass is 10.1. The molecule has 0 saturated carbocycles. The Balaban J connectivity index is 1.98. The predicted octanol–water partition coefficient (Wildman–Crippen LogP) is 3.91. The first-order chi connectivity index (χ1) is 10.0. The Kier molecular flexibility index (Phi) is 5.69. The standard InChI is InChI=1S/C16H13IO3S/c17-15-7-3-13(4-8-15)11-21(20)10-9-12-1-5-14(6-2-12)16(18)19/h1-10H,11H2,(H,18,19)/b10-9+. The molecule has 21 heavy (non-hydrogen) atoms. The first kappa shape index (κ1) is 15.9. The van der Waals surface area contributed by atoms with Crippen LogP contribution in [-0.4, -0.2) is 15.3 Å². The summed E-state index contributed by atoms with van der Waals surface area (Å²) in [6.07, 6.45) is 1.74. The SMILES string of the molecule is O=C(O)c1ccc(/C=C/S(=O)Cc2ccc(I)cc2)cc1. The molecule has 0 heterocycles. The van der Waals surface area contributed by atoms with Gasteiger partial charge in [0, 0.05) is 8.98 Å². The molecule has 0 aromatic heterocycles. The highest BCUT2D eigenvalue weighted by molar-refractivity contribution is 14.1. The molecule has 108 valence electrons. The van der Waals surface area contributed by atoms with E-state index in [1.54, 1.807) is 23.6 Å². The maximum atomic E-state index is 12.0. The van der Waals surface area contributed by atoms with Crippen molar-refractivity contribution in [1.29, 1.82) is 0 Å². The molecule has 0 aliphatic rings. The molecule has 1 N–H and O–H groups in total. The number of rotatable bonds is 5. The fraction of sp³-hybridized carbons (Fsp3) is 0.0625. The van der Waals surface area contributed by atoms with Crippen LogP contribution in [0.25, 0.3) is 6.08 Å². The van der Waals surface area contributed by atoms with Crippen LogP contribution < -0.4 is 0 Å². The van der Waals surface area contributed by atoms with E-state index in [2.05, 4.69) is 22.6 Å². The molecule has 2 aromatic carbocycles. The Morgan fingerprint density at radius 2 is 1.71 bits per heavy atom. The van der Waals surface area contributed by atoms with E-state index in [9.17, 15) is 9.00 Å². The number of carbonyl (C=O) groups is 1. The monoisotopic (exact) mass is 412 g/mol. The average molecular weight is 412 g/mol. The lowest BCUT2D eigenvalue weighted by Gasteiger charge is -1.99. The molecule has 0 fully saturated rings. The number of aromatic carboxylic acids is 1. The van der Waals surface area contributed by atoms with Crippen molar-refractivity contribution in [1.82, 2.24) is 0 Å². The van der Waals surface area contributed by atoms with Crippen molar-refractivity contribution in [3.8, 4) is 0 Å². The quantitative estimate of drug-likeness (QED) is 0.758. The van der Waals surface area contributed by atoms with E-state index in [4.69, 9.17) is 5.11 Å². The summed E-state index contributed by atoms with van der Waals surface area (Å²) in [5, 5.41) is 10.4. The number of hydrogen-bond donors (Lipinski definition) is 1. The lowest BCUT2D eigenvalue weighted by molar-refractivity contribution is 0.0697. The third-order valence-electron chi connectivity index (χ3n) is 2.79. The molecule has 2 aromatic rings. The molecule has 2 rings (SSSR count). The van der Waals surface area contributed by atoms with Crippen LogP contribution >= 0.6 is 22.6 Å². The third-order valence-corrected chi connectivity index (χ3v) is 4.57. The van der Waals surface area contributed by atoms with E-state index >= 15 is 0 Å². The maximum absolute atomic E-state index is 12.0. The molecule has 5 heteroatoms. The Labute approximate surface area is 139 Å². The molecular weight excluding hydrogens is 399 g/mol. The van der Waals surface area contributed by atoms with E-state index in [0.29, 0.717) is 5.75 Å². The van der Waals surface area contributed by atoms with Gasteiger partial charge in [0.05, 0.1) is 22.1 Å². The van der Waals surface area contributed by atoms with Crippen molar-refractivity contribution in [3.05, 3.63) is 74.2 Å². The van der Waals surface area contributed by atoms with Crippen molar-refractivity contribution in [3.63, 3.8) is 0 Å². The molecule has 0 spiro atoms. The maximum Gasteiger partial charge on any atom is 0.335 e. The van der Waals surface area contributed by atoms with Crippen molar-refractivity contribution < 1.29 is 14.1 Å². The summed E-state index contributed by atoms with van der Waals surface area (Å²) in [6, 6.07) is 14.4. The normalized spacial score (nSPS) is 12.4. The molecule has 1 atom stereocenters. The van der Waals surface area contributed by atoms with Gasteiger partial charge in [0.15, 0.2) is 0 Å². The Bertz CT molecular complexity index is 676. The smallest absolute Gasteiger partial charge is 0.335 e. The minimum atomic E-state index is -1.09. The van der Waals surface area contributed by atoms with Crippen molar-refractivity contribution in [2.45, 2.75) is 5.75 Å². The van der Waals surface area contributed by atoms with Crippen LogP contribution in [0.2, 0.25) is 0 Å². The fourth-order valence-electron chi connectivity index (χ4n) is 1.68. The van der Waals surface area contributed by atoms with Gasteiger partial charge >= 0.3 is 5.97 Å². The molecule has 0 aliphatic heterocycles. The number of halogens is 1. The Hall–Kier alpha value is -1.47. The van der Waals surface area contributed by atoms with Gasteiger partial charge in [0.2, 0.25) is 0 Å². The second-order valence-corrected chi connectivity index (χ2v) is 6.95. The molecule has 0 aliphatic carbocycles. The number of carboxylic acid groups (broad SMARTS) is 1. The Morgan fingerprint density at radius 1 is 1.10 bits per heavy atom. The van der Waals surface area contributed by atoms with Gasteiger partial charge < -0.3 is 5.11 Å². The van der Waals surface area contributed by atoms with Gasteiger partial charge in [-0.1, -0.05) is 24.3 Å². The summed E-state index contributed by atoms with van der Waals surface area (Å²) < 4.78 is 13.1. The minimum Gasteiger partial charge on any atom is -0.478 e. The molecule has 0 saturated heterocycles. The summed E-state index contributed by atoms with van der Waals surface area (Å²) in [5.74, 6) is -0.478. The van der Waals surface area contributed by atoms with Gasteiger partial charge in [-0.05, 0) is 64.1 Å². The van der Waals surface area contributed by atoms with Gasteiger partial charge in [-0.3, -0.25) is 4.21 Å². The molecule has 1 unspecified atom stereocenters. The van der Waals surface area contributed by atoms with Crippen molar-refractivity contribution >= 4 is 45.4 Å².